The van der Waals surface area contributed by atoms with Gasteiger partial charge in [-0.15, -0.1) is 0 Å². The third-order valence-electron chi connectivity index (χ3n) is 3.42. The van der Waals surface area contributed by atoms with E-state index in [4.69, 9.17) is 11.6 Å². The van der Waals surface area contributed by atoms with Crippen LogP contribution in [0.15, 0.2) is 23.2 Å². The van der Waals surface area contributed by atoms with Crippen LogP contribution >= 0.6 is 11.6 Å². The lowest BCUT2D eigenvalue weighted by Gasteiger charge is -2.32. The standard InChI is InChI=1S/C13H12ClN3O2/c1-7-15-12-8(3-2-4-9(12)14)6-17(7)10-5-11(18)16-13(10)19/h2-4,10H,5-6H2,1H3,(H,16,18,19). The van der Waals surface area contributed by atoms with Crippen molar-refractivity contribution in [2.75, 3.05) is 0 Å². The van der Waals surface area contributed by atoms with Gasteiger partial charge in [-0.05, 0) is 18.6 Å². The fourth-order valence-electron chi connectivity index (χ4n) is 2.46. The van der Waals surface area contributed by atoms with Gasteiger partial charge in [-0.3, -0.25) is 14.9 Å². The summed E-state index contributed by atoms with van der Waals surface area (Å²) in [5, 5.41) is 2.92. The second-order valence-electron chi connectivity index (χ2n) is 4.67. The Bertz CT molecular complexity index is 612. The van der Waals surface area contributed by atoms with Crippen LogP contribution in [0.1, 0.15) is 18.9 Å². The Labute approximate surface area is 115 Å². The van der Waals surface area contributed by atoms with Gasteiger partial charge in [-0.1, -0.05) is 23.7 Å². The van der Waals surface area contributed by atoms with Gasteiger partial charge in [0.05, 0.1) is 17.1 Å². The molecule has 19 heavy (non-hydrogen) atoms. The van der Waals surface area contributed by atoms with E-state index >= 15 is 0 Å². The van der Waals surface area contributed by atoms with Crippen LogP contribution in [0, 0.1) is 0 Å². The SMILES string of the molecule is CC1=Nc2c(Cl)cccc2CN1C1CC(=O)NC1=O. The molecule has 2 aliphatic heterocycles. The van der Waals surface area contributed by atoms with Crippen molar-refractivity contribution < 1.29 is 9.59 Å². The lowest BCUT2D eigenvalue weighted by molar-refractivity contribution is -0.125. The third kappa shape index (κ3) is 2.00. The number of carbonyl (C=O) groups is 2. The van der Waals surface area contributed by atoms with Gasteiger partial charge < -0.3 is 4.90 Å². The maximum absolute atomic E-state index is 11.8. The number of carbonyl (C=O) groups excluding carboxylic acids is 2. The Kier molecular flexibility index (Phi) is 2.78. The molecule has 5 nitrogen and oxygen atoms in total. The van der Waals surface area contributed by atoms with Gasteiger partial charge in [-0.2, -0.15) is 0 Å². The summed E-state index contributed by atoms with van der Waals surface area (Å²) in [4.78, 5) is 29.3. The number of benzene rings is 1. The first-order valence-electron chi connectivity index (χ1n) is 5.99. The second-order valence-corrected chi connectivity index (χ2v) is 5.07. The highest BCUT2D eigenvalue weighted by Crippen LogP contribution is 2.34. The summed E-state index contributed by atoms with van der Waals surface area (Å²) in [7, 11) is 0. The summed E-state index contributed by atoms with van der Waals surface area (Å²) < 4.78 is 0. The van der Waals surface area contributed by atoms with E-state index in [1.165, 1.54) is 0 Å². The Morgan fingerprint density at radius 1 is 1.42 bits per heavy atom. The average Bonchev–Trinajstić information content (AvgIpc) is 2.69. The van der Waals surface area contributed by atoms with Crippen molar-refractivity contribution in [1.82, 2.24) is 10.2 Å². The topological polar surface area (TPSA) is 61.8 Å². The monoisotopic (exact) mass is 277 g/mol. The third-order valence-corrected chi connectivity index (χ3v) is 3.73. The number of hydrogen-bond acceptors (Lipinski definition) is 4. The fourth-order valence-corrected chi connectivity index (χ4v) is 2.70. The number of rotatable bonds is 1. The highest BCUT2D eigenvalue weighted by Gasteiger charge is 2.37. The molecule has 2 heterocycles. The number of para-hydroxylation sites is 1. The van der Waals surface area contributed by atoms with Gasteiger partial charge in [0, 0.05) is 6.54 Å². The maximum atomic E-state index is 11.8. The van der Waals surface area contributed by atoms with E-state index in [2.05, 4.69) is 10.3 Å². The molecular weight excluding hydrogens is 266 g/mol. The second kappa shape index (κ2) is 4.35. The zero-order valence-electron chi connectivity index (χ0n) is 10.3. The molecule has 1 aromatic carbocycles. The van der Waals surface area contributed by atoms with Gasteiger partial charge in [-0.25, -0.2) is 4.99 Å². The fraction of sp³-hybridized carbons (Fsp3) is 0.308. The van der Waals surface area contributed by atoms with Gasteiger partial charge in [0.15, 0.2) is 0 Å². The van der Waals surface area contributed by atoms with E-state index in [1.54, 1.807) is 6.07 Å². The summed E-state index contributed by atoms with van der Waals surface area (Å²) in [5.74, 6) is 0.208. The van der Waals surface area contributed by atoms with Crippen LogP contribution in [-0.4, -0.2) is 28.6 Å². The summed E-state index contributed by atoms with van der Waals surface area (Å²) >= 11 is 6.11. The average molecular weight is 278 g/mol. The van der Waals surface area contributed by atoms with Crippen molar-refractivity contribution in [3.63, 3.8) is 0 Å². The summed E-state index contributed by atoms with van der Waals surface area (Å²) in [5.41, 5.74) is 1.72. The minimum absolute atomic E-state index is 0.182. The highest BCUT2D eigenvalue weighted by molar-refractivity contribution is 6.33. The minimum atomic E-state index is -0.469. The van der Waals surface area contributed by atoms with Crippen LogP contribution in [0.3, 0.4) is 0 Å². The van der Waals surface area contributed by atoms with Crippen LogP contribution in [0.2, 0.25) is 5.02 Å². The zero-order chi connectivity index (χ0) is 13.6. The minimum Gasteiger partial charge on any atom is -0.343 e. The molecule has 0 saturated carbocycles. The number of fused-ring (bicyclic) bond motifs is 1. The van der Waals surface area contributed by atoms with Crippen LogP contribution in [0.5, 0.6) is 0 Å². The number of amidine groups is 1. The molecule has 0 radical (unpaired) electrons. The Morgan fingerprint density at radius 3 is 2.89 bits per heavy atom. The number of amides is 2. The van der Waals surface area contributed by atoms with Crippen LogP contribution in [0.25, 0.3) is 0 Å². The number of imide groups is 1. The number of aliphatic imine (C=N–C) groups is 1. The lowest BCUT2D eigenvalue weighted by atomic mass is 10.1. The number of hydrogen-bond donors (Lipinski definition) is 1. The van der Waals surface area contributed by atoms with Gasteiger partial charge in [0.25, 0.3) is 0 Å². The van der Waals surface area contributed by atoms with Gasteiger partial charge in [0.2, 0.25) is 11.8 Å². The molecule has 1 unspecified atom stereocenters. The van der Waals surface area contributed by atoms with Crippen molar-refractivity contribution in [1.29, 1.82) is 0 Å². The summed E-state index contributed by atoms with van der Waals surface area (Å²) in [6.45, 7) is 2.36. The molecule has 0 aliphatic carbocycles. The summed E-state index contributed by atoms with van der Waals surface area (Å²) in [6, 6.07) is 5.11. The molecular formula is C13H12ClN3O2. The molecule has 0 aromatic heterocycles. The molecule has 0 bridgehead atoms. The number of nitrogens with zero attached hydrogens (tertiary/aromatic N) is 2. The molecule has 98 valence electrons. The number of halogens is 1. The van der Waals surface area contributed by atoms with Crippen molar-refractivity contribution in [3.8, 4) is 0 Å². The molecule has 1 saturated heterocycles. The smallest absolute Gasteiger partial charge is 0.249 e. The van der Waals surface area contributed by atoms with E-state index in [1.807, 2.05) is 24.0 Å². The van der Waals surface area contributed by atoms with Gasteiger partial charge in [0.1, 0.15) is 11.9 Å². The Balaban J connectivity index is 1.96. The van der Waals surface area contributed by atoms with Crippen LogP contribution < -0.4 is 5.32 Å². The first kappa shape index (κ1) is 12.2. The van der Waals surface area contributed by atoms with Crippen molar-refractivity contribution >= 4 is 34.9 Å². The Morgan fingerprint density at radius 2 is 2.21 bits per heavy atom. The predicted octanol–water partition coefficient (Wildman–Crippen LogP) is 1.62. The normalized spacial score (nSPS) is 22.1. The molecule has 1 fully saturated rings. The van der Waals surface area contributed by atoms with Crippen molar-refractivity contribution in [3.05, 3.63) is 28.8 Å². The van der Waals surface area contributed by atoms with Crippen molar-refractivity contribution in [2.24, 2.45) is 4.99 Å². The van der Waals surface area contributed by atoms with E-state index in [0.29, 0.717) is 17.4 Å². The molecule has 2 amide bonds. The van der Waals surface area contributed by atoms with Crippen LogP contribution in [0.4, 0.5) is 5.69 Å². The molecule has 0 spiro atoms. The molecule has 6 heteroatoms. The zero-order valence-corrected chi connectivity index (χ0v) is 11.1. The largest absolute Gasteiger partial charge is 0.343 e. The van der Waals surface area contributed by atoms with Crippen LogP contribution in [-0.2, 0) is 16.1 Å². The molecule has 1 atom stereocenters. The molecule has 1 aromatic rings. The van der Waals surface area contributed by atoms with E-state index < -0.39 is 6.04 Å². The highest BCUT2D eigenvalue weighted by atomic mass is 35.5. The summed E-state index contributed by atoms with van der Waals surface area (Å²) in [6.07, 6.45) is 0.182. The quantitative estimate of drug-likeness (QED) is 0.794. The maximum Gasteiger partial charge on any atom is 0.249 e. The first-order chi connectivity index (χ1) is 9.06. The first-order valence-corrected chi connectivity index (χ1v) is 6.37. The van der Waals surface area contributed by atoms with E-state index in [-0.39, 0.29) is 18.2 Å². The lowest BCUT2D eigenvalue weighted by Crippen LogP contribution is -2.44. The Hall–Kier alpha value is -1.88. The predicted molar refractivity (Wildman–Crippen MR) is 71.3 cm³/mol. The van der Waals surface area contributed by atoms with E-state index in [0.717, 1.165) is 11.3 Å². The molecule has 1 N–H and O–H groups in total. The number of nitrogens with one attached hydrogen (secondary N) is 1. The van der Waals surface area contributed by atoms with E-state index in [9.17, 15) is 9.59 Å². The molecule has 3 rings (SSSR count). The van der Waals surface area contributed by atoms with Gasteiger partial charge >= 0.3 is 0 Å². The van der Waals surface area contributed by atoms with Crippen molar-refractivity contribution in [2.45, 2.75) is 25.9 Å². The molecule has 2 aliphatic rings.